The van der Waals surface area contributed by atoms with Crippen LogP contribution in [-0.4, -0.2) is 0 Å². The Balaban J connectivity index is 1.77. The molecule has 0 bridgehead atoms. The molecule has 0 unspecified atom stereocenters. The summed E-state index contributed by atoms with van der Waals surface area (Å²) in [6.07, 6.45) is 4.21. The summed E-state index contributed by atoms with van der Waals surface area (Å²) in [5.74, 6) is 2.02. The summed E-state index contributed by atoms with van der Waals surface area (Å²) in [4.78, 5) is 0. The number of fused-ring (bicyclic) bond motifs is 5. The van der Waals surface area contributed by atoms with E-state index in [4.69, 9.17) is 4.74 Å². The molecule has 2 heterocycles. The number of aromatic nitrogens is 1. The van der Waals surface area contributed by atoms with E-state index in [2.05, 4.69) is 122 Å². The smallest absolute Gasteiger partial charge is 0.228 e. The van der Waals surface area contributed by atoms with E-state index in [-0.39, 0.29) is 10.8 Å². The maximum absolute atomic E-state index is 7.08. The van der Waals surface area contributed by atoms with Crippen molar-refractivity contribution in [1.29, 1.82) is 0 Å². The maximum Gasteiger partial charge on any atom is 0.228 e. The molecular formula is C36H40NO+. The van der Waals surface area contributed by atoms with Gasteiger partial charge in [-0.25, -0.2) is 4.57 Å². The molecule has 0 atom stereocenters. The third-order valence-corrected chi connectivity index (χ3v) is 7.95. The van der Waals surface area contributed by atoms with Crippen LogP contribution in [0.25, 0.3) is 43.6 Å². The molecule has 6 rings (SSSR count). The molecule has 0 saturated carbocycles. The van der Waals surface area contributed by atoms with E-state index >= 15 is 0 Å². The van der Waals surface area contributed by atoms with Gasteiger partial charge in [-0.3, -0.25) is 0 Å². The molecule has 5 aromatic rings. The summed E-state index contributed by atoms with van der Waals surface area (Å²) >= 11 is 0. The fourth-order valence-corrected chi connectivity index (χ4v) is 6.56. The molecule has 0 fully saturated rings. The van der Waals surface area contributed by atoms with Gasteiger partial charge in [-0.15, -0.1) is 0 Å². The van der Waals surface area contributed by atoms with Gasteiger partial charge in [-0.05, 0) is 76.3 Å². The van der Waals surface area contributed by atoms with Crippen LogP contribution in [0.1, 0.15) is 63.8 Å². The minimum absolute atomic E-state index is 0.129. The van der Waals surface area contributed by atoms with Gasteiger partial charge in [0.15, 0.2) is 6.20 Å². The van der Waals surface area contributed by atoms with Crippen molar-refractivity contribution in [3.63, 3.8) is 0 Å². The average molecular weight is 503 g/mol. The van der Waals surface area contributed by atoms with Crippen molar-refractivity contribution in [2.75, 3.05) is 0 Å². The topological polar surface area (TPSA) is 13.1 Å². The van der Waals surface area contributed by atoms with Gasteiger partial charge in [0.2, 0.25) is 5.69 Å². The van der Waals surface area contributed by atoms with Crippen LogP contribution in [0.15, 0.2) is 54.7 Å². The Morgan fingerprint density at radius 2 is 1.42 bits per heavy atom. The average Bonchev–Trinajstić information content (AvgIpc) is 2.82. The van der Waals surface area contributed by atoms with Gasteiger partial charge in [0.1, 0.15) is 18.5 Å². The Kier molecular flexibility index (Phi) is 5.44. The van der Waals surface area contributed by atoms with Crippen molar-refractivity contribution >= 4 is 32.3 Å². The number of pyridine rings is 1. The van der Waals surface area contributed by atoms with E-state index in [1.54, 1.807) is 0 Å². The molecule has 0 aliphatic carbocycles. The number of rotatable bonds is 2. The first-order chi connectivity index (χ1) is 17.8. The molecule has 0 spiro atoms. The van der Waals surface area contributed by atoms with Crippen LogP contribution in [0.4, 0.5) is 0 Å². The minimum atomic E-state index is 0.129. The monoisotopic (exact) mass is 502 g/mol. The third kappa shape index (κ3) is 3.97. The van der Waals surface area contributed by atoms with E-state index in [1.807, 2.05) is 0 Å². The lowest BCUT2D eigenvalue weighted by atomic mass is 9.81. The number of hydrogen-bond acceptors (Lipinski definition) is 1. The predicted molar refractivity (Wildman–Crippen MR) is 161 cm³/mol. The molecule has 0 radical (unpaired) electrons. The minimum Gasteiger partial charge on any atom is -0.455 e. The standard InChI is InChI=1S/C36H40NO/c1-21-16-23(19-35(3,4)5)27-18-30-32-26(28(27)17-21)14-15-37(9)33(32)31-22(2)24-12-10-11-13-25(24)29(34(31)38-30)20-36(6,7)8/h10-18H,19-20H2,1-9H3/q+1. The summed E-state index contributed by atoms with van der Waals surface area (Å²) in [5, 5.41) is 7.76. The molecule has 0 amide bonds. The molecule has 2 nitrogen and oxygen atoms in total. The van der Waals surface area contributed by atoms with Crippen LogP contribution in [0.2, 0.25) is 0 Å². The Labute approximate surface area is 227 Å². The van der Waals surface area contributed by atoms with Crippen LogP contribution >= 0.6 is 0 Å². The van der Waals surface area contributed by atoms with Gasteiger partial charge in [0.25, 0.3) is 0 Å². The van der Waals surface area contributed by atoms with Crippen molar-refractivity contribution in [3.05, 3.63) is 77.0 Å². The number of aryl methyl sites for hydroxylation is 3. The quantitative estimate of drug-likeness (QED) is 0.170. The van der Waals surface area contributed by atoms with Crippen molar-refractivity contribution in [1.82, 2.24) is 0 Å². The summed E-state index contributed by atoms with van der Waals surface area (Å²) < 4.78 is 9.38. The second-order valence-electron chi connectivity index (χ2n) is 13.9. The first-order valence-electron chi connectivity index (χ1n) is 13.9. The molecule has 2 heteroatoms. The van der Waals surface area contributed by atoms with E-state index in [0.29, 0.717) is 0 Å². The van der Waals surface area contributed by atoms with Gasteiger partial charge < -0.3 is 4.74 Å². The van der Waals surface area contributed by atoms with Gasteiger partial charge in [0.05, 0.1) is 10.9 Å². The number of benzene rings is 4. The van der Waals surface area contributed by atoms with Crippen molar-refractivity contribution in [2.24, 2.45) is 17.9 Å². The SMILES string of the molecule is Cc1cc(CC(C)(C)C)c2cc3c4c([n+](C)ccc4c2c1)-c1c(c(CC(C)(C)C)c2ccccc2c1C)O3. The normalized spacial score (nSPS) is 13.3. The predicted octanol–water partition coefficient (Wildman–Crippen LogP) is 9.54. The van der Waals surface area contributed by atoms with Gasteiger partial charge in [0, 0.05) is 17.0 Å². The molecule has 4 aromatic carbocycles. The lowest BCUT2D eigenvalue weighted by molar-refractivity contribution is -0.659. The third-order valence-electron chi connectivity index (χ3n) is 7.95. The Morgan fingerprint density at radius 3 is 2.11 bits per heavy atom. The fourth-order valence-electron chi connectivity index (χ4n) is 6.56. The second kappa shape index (κ2) is 8.30. The van der Waals surface area contributed by atoms with Crippen molar-refractivity contribution in [3.8, 4) is 22.8 Å². The highest BCUT2D eigenvalue weighted by atomic mass is 16.5. The van der Waals surface area contributed by atoms with Gasteiger partial charge in [-0.1, -0.05) is 83.5 Å². The lowest BCUT2D eigenvalue weighted by Gasteiger charge is -2.28. The maximum atomic E-state index is 7.08. The Morgan fingerprint density at radius 1 is 0.737 bits per heavy atom. The number of ether oxygens (including phenoxy) is 1. The zero-order valence-corrected chi connectivity index (χ0v) is 24.5. The van der Waals surface area contributed by atoms with Crippen LogP contribution in [0.5, 0.6) is 11.5 Å². The number of nitrogens with zero attached hydrogens (tertiary/aromatic N) is 1. The molecule has 0 N–H and O–H groups in total. The second-order valence-corrected chi connectivity index (χ2v) is 13.9. The van der Waals surface area contributed by atoms with Gasteiger partial charge in [-0.2, -0.15) is 0 Å². The zero-order valence-electron chi connectivity index (χ0n) is 24.5. The van der Waals surface area contributed by atoms with Gasteiger partial charge >= 0.3 is 0 Å². The Bertz CT molecular complexity index is 1780. The van der Waals surface area contributed by atoms with Crippen LogP contribution < -0.4 is 9.30 Å². The van der Waals surface area contributed by atoms with E-state index in [9.17, 15) is 0 Å². The lowest BCUT2D eigenvalue weighted by Crippen LogP contribution is -2.32. The van der Waals surface area contributed by atoms with Crippen molar-refractivity contribution in [2.45, 2.75) is 68.2 Å². The summed E-state index contributed by atoms with van der Waals surface area (Å²) in [5.41, 5.74) is 8.15. The van der Waals surface area contributed by atoms with E-state index in [0.717, 1.165) is 24.3 Å². The molecule has 1 aliphatic rings. The van der Waals surface area contributed by atoms with Crippen molar-refractivity contribution < 1.29 is 9.30 Å². The number of hydrogen-bond donors (Lipinski definition) is 0. The molecular weight excluding hydrogens is 462 g/mol. The Hall–Kier alpha value is -3.39. The van der Waals surface area contributed by atoms with E-state index in [1.165, 1.54) is 65.8 Å². The zero-order chi connectivity index (χ0) is 27.1. The molecule has 1 aromatic heterocycles. The first-order valence-corrected chi connectivity index (χ1v) is 13.9. The highest BCUT2D eigenvalue weighted by Gasteiger charge is 2.34. The molecule has 194 valence electrons. The molecule has 38 heavy (non-hydrogen) atoms. The summed E-state index contributed by atoms with van der Waals surface area (Å²) in [6, 6.07) is 18.2. The highest BCUT2D eigenvalue weighted by Crippen LogP contribution is 2.53. The van der Waals surface area contributed by atoms with Crippen LogP contribution in [0, 0.1) is 24.7 Å². The summed E-state index contributed by atoms with van der Waals surface area (Å²) in [7, 11) is 2.18. The van der Waals surface area contributed by atoms with Crippen LogP contribution in [0.3, 0.4) is 0 Å². The van der Waals surface area contributed by atoms with Crippen LogP contribution in [-0.2, 0) is 19.9 Å². The summed E-state index contributed by atoms with van der Waals surface area (Å²) in [6.45, 7) is 18.4. The first kappa shape index (κ1) is 24.9. The van der Waals surface area contributed by atoms with E-state index < -0.39 is 0 Å². The largest absolute Gasteiger partial charge is 0.455 e. The highest BCUT2D eigenvalue weighted by molar-refractivity contribution is 6.17. The fraction of sp³-hybridized carbons (Fsp3) is 0.361. The molecule has 0 saturated heterocycles. The molecule has 1 aliphatic heterocycles.